The van der Waals surface area contributed by atoms with Crippen LogP contribution >= 0.6 is 23.2 Å². The van der Waals surface area contributed by atoms with E-state index in [0.717, 1.165) is 36.5 Å². The zero-order valence-electron chi connectivity index (χ0n) is 17.2. The molecule has 1 aromatic heterocycles. The number of aliphatic hydroxyl groups excluding tert-OH is 1. The largest absolute Gasteiger partial charge is 0.465 e. The fourth-order valence-electron chi connectivity index (χ4n) is 4.64. The number of piperidine rings is 1. The highest BCUT2D eigenvalue weighted by Gasteiger charge is 2.57. The molecular weight excluding hydrogens is 443 g/mol. The van der Waals surface area contributed by atoms with E-state index in [0.29, 0.717) is 11.4 Å². The summed E-state index contributed by atoms with van der Waals surface area (Å²) in [5, 5.41) is 22.7. The molecule has 0 aromatic carbocycles. The lowest BCUT2D eigenvalue weighted by molar-refractivity contribution is -0.126. The smallest absolute Gasteiger partial charge is 0.415 e. The van der Waals surface area contributed by atoms with Crippen LogP contribution in [0, 0.1) is 0 Å². The van der Waals surface area contributed by atoms with Gasteiger partial charge in [-0.25, -0.2) is 14.7 Å². The number of amides is 2. The molecule has 3 N–H and O–H groups in total. The number of hydrogen-bond acceptors (Lipinski definition) is 6. The lowest BCUT2D eigenvalue weighted by Gasteiger charge is -2.40. The monoisotopic (exact) mass is 466 g/mol. The maximum atomic E-state index is 12.8. The molecule has 3 aliphatic rings. The maximum absolute atomic E-state index is 12.8. The van der Waals surface area contributed by atoms with Gasteiger partial charge < -0.3 is 20.4 Å². The highest BCUT2D eigenvalue weighted by Crippen LogP contribution is 2.51. The van der Waals surface area contributed by atoms with Crippen LogP contribution in [0.2, 0.25) is 0 Å². The first-order valence-corrected chi connectivity index (χ1v) is 10.8. The molecule has 1 atom stereocenters. The number of carboxylic acid groups (broad SMARTS) is 1. The van der Waals surface area contributed by atoms with Crippen molar-refractivity contribution in [2.24, 2.45) is 0 Å². The normalized spacial score (nSPS) is 26.1. The third-order valence-electron chi connectivity index (χ3n) is 6.13. The molecule has 0 radical (unpaired) electrons. The number of aliphatic hydroxyl groups is 1. The molecule has 2 amide bonds. The van der Waals surface area contributed by atoms with E-state index >= 15 is 0 Å². The first kappa shape index (κ1) is 21.9. The molecule has 0 saturated carbocycles. The minimum absolute atomic E-state index is 0.117. The molecule has 10 heteroatoms. The van der Waals surface area contributed by atoms with Gasteiger partial charge in [0.15, 0.2) is 0 Å². The Hall–Kier alpha value is -2.29. The van der Waals surface area contributed by atoms with Gasteiger partial charge in [-0.2, -0.15) is 0 Å². The van der Waals surface area contributed by atoms with Gasteiger partial charge in [-0.1, -0.05) is 29.3 Å². The number of carbonyl (C=O) groups excluding carboxylic acids is 1. The van der Waals surface area contributed by atoms with Gasteiger partial charge in [-0.3, -0.25) is 4.79 Å². The van der Waals surface area contributed by atoms with E-state index in [1.54, 1.807) is 32.2 Å². The summed E-state index contributed by atoms with van der Waals surface area (Å²) in [5.74, 6) is -0.193. The highest BCUT2D eigenvalue weighted by molar-refractivity contribution is 6.38. The fourth-order valence-corrected chi connectivity index (χ4v) is 5.40. The number of pyridine rings is 1. The second-order valence-electron chi connectivity index (χ2n) is 8.53. The zero-order chi connectivity index (χ0) is 22.6. The third kappa shape index (κ3) is 3.66. The van der Waals surface area contributed by atoms with Crippen LogP contribution in [0.25, 0.3) is 0 Å². The molecule has 1 aromatic rings. The van der Waals surface area contributed by atoms with Crippen LogP contribution in [0.1, 0.15) is 33.1 Å². The lowest BCUT2D eigenvalue weighted by Crippen LogP contribution is -2.51. The highest BCUT2D eigenvalue weighted by atomic mass is 35.5. The molecular formula is C21H24Cl2N4O4. The van der Waals surface area contributed by atoms with E-state index < -0.39 is 22.5 Å². The number of rotatable bonds is 3. The third-order valence-corrected chi connectivity index (χ3v) is 6.91. The summed E-state index contributed by atoms with van der Waals surface area (Å²) in [7, 11) is 0. The average Bonchev–Trinajstić information content (AvgIpc) is 2.93. The summed E-state index contributed by atoms with van der Waals surface area (Å²) in [6.07, 6.45) is 3.43. The Labute approximate surface area is 190 Å². The summed E-state index contributed by atoms with van der Waals surface area (Å²) in [5.41, 5.74) is 0.292. The maximum Gasteiger partial charge on any atom is 0.415 e. The van der Waals surface area contributed by atoms with Crippen LogP contribution in [0.5, 0.6) is 0 Å². The molecule has 1 aliphatic carbocycles. The fraction of sp³-hybridized carbons (Fsp3) is 0.476. The van der Waals surface area contributed by atoms with E-state index in [-0.39, 0.29) is 23.1 Å². The van der Waals surface area contributed by atoms with E-state index in [1.807, 2.05) is 6.07 Å². The summed E-state index contributed by atoms with van der Waals surface area (Å²) >= 11 is 13.3. The van der Waals surface area contributed by atoms with Crippen molar-refractivity contribution in [3.8, 4) is 0 Å². The molecule has 166 valence electrons. The number of nitrogens with one attached hydrogen (secondary N) is 1. The van der Waals surface area contributed by atoms with Crippen LogP contribution < -0.4 is 10.2 Å². The number of carbonyl (C=O) groups is 2. The summed E-state index contributed by atoms with van der Waals surface area (Å²) < 4.78 is 0. The van der Waals surface area contributed by atoms with Crippen molar-refractivity contribution in [1.82, 2.24) is 9.88 Å². The predicted octanol–water partition coefficient (Wildman–Crippen LogP) is 3.51. The van der Waals surface area contributed by atoms with Gasteiger partial charge in [0.2, 0.25) is 0 Å². The second-order valence-corrected chi connectivity index (χ2v) is 9.59. The van der Waals surface area contributed by atoms with Crippen LogP contribution in [0.15, 0.2) is 40.6 Å². The van der Waals surface area contributed by atoms with Gasteiger partial charge in [-0.15, -0.1) is 0 Å². The minimum Gasteiger partial charge on any atom is -0.465 e. The quantitative estimate of drug-likeness (QED) is 0.462. The Morgan fingerprint density at radius 2 is 1.97 bits per heavy atom. The topological polar surface area (TPSA) is 106 Å². The van der Waals surface area contributed by atoms with Crippen molar-refractivity contribution in [2.45, 2.75) is 49.8 Å². The van der Waals surface area contributed by atoms with E-state index in [2.05, 4.69) is 15.2 Å². The number of aromatic nitrogens is 1. The van der Waals surface area contributed by atoms with Crippen LogP contribution in [-0.2, 0) is 4.79 Å². The number of alkyl halides is 1. The minimum atomic E-state index is -1.36. The number of anilines is 2. The number of nitrogens with zero attached hydrogens (tertiary/aromatic N) is 3. The molecule has 4 rings (SSSR count). The zero-order valence-corrected chi connectivity index (χ0v) is 18.7. The molecule has 0 spiro atoms. The molecule has 1 unspecified atom stereocenters. The molecule has 1 fully saturated rings. The molecule has 1 saturated heterocycles. The van der Waals surface area contributed by atoms with Gasteiger partial charge in [0.25, 0.3) is 5.91 Å². The van der Waals surface area contributed by atoms with Gasteiger partial charge in [0, 0.05) is 30.1 Å². The molecule has 31 heavy (non-hydrogen) atoms. The lowest BCUT2D eigenvalue weighted by atomic mass is 9.82. The summed E-state index contributed by atoms with van der Waals surface area (Å²) in [6.45, 7) is 4.79. The standard InChI is InChI=1S/C21H24Cl2N4O4/c1-20(2)17-16(18(29)27(20)19(30)31)14(22)5-8-21(17,23)25-15-4-3-12(11-24-15)26-9-6-13(28)7-10-26/h3-5,11,13,28H,6-10H2,1-2H3,(H,24,25)(H,30,31). The predicted molar refractivity (Wildman–Crippen MR) is 118 cm³/mol. The molecule has 3 heterocycles. The van der Waals surface area contributed by atoms with Crippen LogP contribution in [0.3, 0.4) is 0 Å². The Kier molecular flexibility index (Phi) is 5.44. The Balaban J connectivity index is 1.62. The number of hydrogen-bond donors (Lipinski definition) is 3. The molecule has 2 aliphatic heterocycles. The number of halogens is 2. The van der Waals surface area contributed by atoms with Crippen molar-refractivity contribution in [3.05, 3.63) is 40.6 Å². The van der Waals surface area contributed by atoms with Crippen molar-refractivity contribution >= 4 is 46.7 Å². The Morgan fingerprint density at radius 3 is 2.55 bits per heavy atom. The average molecular weight is 467 g/mol. The van der Waals surface area contributed by atoms with Crippen molar-refractivity contribution in [2.75, 3.05) is 23.3 Å². The van der Waals surface area contributed by atoms with Gasteiger partial charge in [0.05, 0.1) is 29.1 Å². The first-order chi connectivity index (χ1) is 14.5. The van der Waals surface area contributed by atoms with Crippen molar-refractivity contribution in [3.63, 3.8) is 0 Å². The summed E-state index contributed by atoms with van der Waals surface area (Å²) in [6, 6.07) is 3.71. The van der Waals surface area contributed by atoms with Gasteiger partial charge in [0.1, 0.15) is 10.8 Å². The van der Waals surface area contributed by atoms with Crippen LogP contribution in [0.4, 0.5) is 16.3 Å². The molecule has 0 bridgehead atoms. The van der Waals surface area contributed by atoms with E-state index in [1.165, 1.54) is 0 Å². The van der Waals surface area contributed by atoms with E-state index in [9.17, 15) is 19.8 Å². The first-order valence-electron chi connectivity index (χ1n) is 10.1. The van der Waals surface area contributed by atoms with Gasteiger partial charge in [-0.05, 0) is 38.8 Å². The van der Waals surface area contributed by atoms with E-state index in [4.69, 9.17) is 23.2 Å². The molecule has 8 nitrogen and oxygen atoms in total. The van der Waals surface area contributed by atoms with Gasteiger partial charge >= 0.3 is 6.09 Å². The van der Waals surface area contributed by atoms with Crippen molar-refractivity contribution in [1.29, 1.82) is 0 Å². The Bertz CT molecular complexity index is 984. The van der Waals surface area contributed by atoms with Crippen LogP contribution in [-0.4, -0.2) is 61.8 Å². The Morgan fingerprint density at radius 1 is 1.29 bits per heavy atom. The number of imide groups is 1. The SMILES string of the molecule is CC1(C)C2=C(C(=O)N1C(=O)O)C(Cl)=CCC2(Cl)Nc1ccc(N2CCC(O)CC2)cn1. The summed E-state index contributed by atoms with van der Waals surface area (Å²) in [4.78, 5) is 30.7. The van der Waals surface area contributed by atoms with Crippen molar-refractivity contribution < 1.29 is 19.8 Å². The second kappa shape index (κ2) is 7.69.